The van der Waals surface area contributed by atoms with Crippen LogP contribution in [0, 0.1) is 0 Å². The largest absolute Gasteiger partial charge is 0.475 e. The Hall–Kier alpha value is -2.51. The number of carbonyl (C=O) groups is 3. The predicted molar refractivity (Wildman–Crippen MR) is 71.8 cm³/mol. The van der Waals surface area contributed by atoms with E-state index >= 15 is 0 Å². The van der Waals surface area contributed by atoms with E-state index in [1.807, 2.05) is 6.92 Å². The van der Waals surface area contributed by atoms with Crippen molar-refractivity contribution < 1.29 is 28.6 Å². The van der Waals surface area contributed by atoms with Crippen LogP contribution in [-0.4, -0.2) is 48.2 Å². The van der Waals surface area contributed by atoms with Crippen molar-refractivity contribution in [3.8, 4) is 0 Å². The van der Waals surface area contributed by atoms with E-state index in [9.17, 15) is 14.4 Å². The van der Waals surface area contributed by atoms with Gasteiger partial charge in [-0.25, -0.2) is 9.59 Å². The van der Waals surface area contributed by atoms with Crippen LogP contribution in [0.15, 0.2) is 16.5 Å². The van der Waals surface area contributed by atoms with Crippen LogP contribution >= 0.6 is 0 Å². The van der Waals surface area contributed by atoms with Gasteiger partial charge in [-0.05, 0) is 18.6 Å². The van der Waals surface area contributed by atoms with Gasteiger partial charge in [-0.3, -0.25) is 4.79 Å². The zero-order valence-corrected chi connectivity index (χ0v) is 11.9. The number of hydrogen-bond acceptors (Lipinski definition) is 5. The van der Waals surface area contributed by atoms with Crippen LogP contribution < -0.4 is 5.32 Å². The second-order valence-corrected chi connectivity index (χ2v) is 4.23. The summed E-state index contributed by atoms with van der Waals surface area (Å²) in [6, 6.07) is 2.33. The smallest absolute Gasteiger partial charge is 0.371 e. The minimum atomic E-state index is -1.18. The van der Waals surface area contributed by atoms with Crippen LogP contribution in [0.2, 0.25) is 0 Å². The molecule has 0 unspecified atom stereocenters. The fourth-order valence-corrected chi connectivity index (χ4v) is 1.61. The maximum absolute atomic E-state index is 11.9. The second-order valence-electron chi connectivity index (χ2n) is 4.23. The van der Waals surface area contributed by atoms with E-state index in [4.69, 9.17) is 9.52 Å². The fraction of sp³-hybridized carbons (Fsp3) is 0.462. The van der Waals surface area contributed by atoms with Gasteiger partial charge in [-0.1, -0.05) is 6.92 Å². The summed E-state index contributed by atoms with van der Waals surface area (Å²) in [4.78, 5) is 35.1. The number of amides is 2. The molecule has 116 valence electrons. The van der Waals surface area contributed by atoms with Crippen molar-refractivity contribution in [3.63, 3.8) is 0 Å². The third kappa shape index (κ3) is 5.17. The quantitative estimate of drug-likeness (QED) is 0.729. The van der Waals surface area contributed by atoms with E-state index in [0.29, 0.717) is 18.7 Å². The van der Waals surface area contributed by atoms with E-state index in [-0.39, 0.29) is 18.8 Å². The molecule has 0 saturated heterocycles. The van der Waals surface area contributed by atoms with Crippen molar-refractivity contribution in [2.24, 2.45) is 0 Å². The molecule has 0 fully saturated rings. The van der Waals surface area contributed by atoms with Crippen molar-refractivity contribution in [1.29, 1.82) is 0 Å². The van der Waals surface area contributed by atoms with E-state index in [2.05, 4.69) is 10.1 Å². The van der Waals surface area contributed by atoms with Crippen molar-refractivity contribution in [2.45, 2.75) is 19.9 Å². The summed E-state index contributed by atoms with van der Waals surface area (Å²) < 4.78 is 9.54. The zero-order chi connectivity index (χ0) is 15.8. The minimum Gasteiger partial charge on any atom is -0.475 e. The topological polar surface area (TPSA) is 109 Å². The molecule has 0 saturated carbocycles. The molecule has 0 radical (unpaired) electrons. The van der Waals surface area contributed by atoms with Gasteiger partial charge < -0.3 is 24.5 Å². The molecule has 1 heterocycles. The molecule has 0 aromatic carbocycles. The first kappa shape index (κ1) is 16.5. The molecule has 2 amide bonds. The van der Waals surface area contributed by atoms with Gasteiger partial charge in [-0.2, -0.15) is 0 Å². The Balaban J connectivity index is 2.55. The number of furan rings is 1. The second kappa shape index (κ2) is 7.93. The molecule has 8 nitrogen and oxygen atoms in total. The first-order valence-corrected chi connectivity index (χ1v) is 6.39. The lowest BCUT2D eigenvalue weighted by Gasteiger charge is -2.20. The molecule has 2 N–H and O–H groups in total. The molecule has 1 rings (SSSR count). The van der Waals surface area contributed by atoms with Gasteiger partial charge >= 0.3 is 18.0 Å². The SMILES string of the molecule is CCCN(CC(=O)OC)C(=O)NCc1ccc(C(=O)O)o1. The van der Waals surface area contributed by atoms with Crippen LogP contribution in [-0.2, 0) is 16.1 Å². The lowest BCUT2D eigenvalue weighted by molar-refractivity contribution is -0.141. The van der Waals surface area contributed by atoms with E-state index in [1.165, 1.54) is 24.1 Å². The Morgan fingerprint density at radius 2 is 2.10 bits per heavy atom. The Morgan fingerprint density at radius 1 is 1.38 bits per heavy atom. The van der Waals surface area contributed by atoms with Crippen LogP contribution in [0.4, 0.5) is 4.79 Å². The Labute approximate surface area is 121 Å². The molecule has 8 heteroatoms. The monoisotopic (exact) mass is 298 g/mol. The number of esters is 1. The number of urea groups is 1. The third-order valence-corrected chi connectivity index (χ3v) is 2.61. The van der Waals surface area contributed by atoms with Gasteiger partial charge in [0.05, 0.1) is 13.7 Å². The van der Waals surface area contributed by atoms with E-state index < -0.39 is 18.0 Å². The van der Waals surface area contributed by atoms with Crippen LogP contribution in [0.25, 0.3) is 0 Å². The Morgan fingerprint density at radius 3 is 2.62 bits per heavy atom. The van der Waals surface area contributed by atoms with Crippen molar-refractivity contribution in [2.75, 3.05) is 20.2 Å². The number of nitrogens with one attached hydrogen (secondary N) is 1. The maximum atomic E-state index is 11.9. The summed E-state index contributed by atoms with van der Waals surface area (Å²) in [6.45, 7) is 2.17. The van der Waals surface area contributed by atoms with Crippen molar-refractivity contribution >= 4 is 18.0 Å². The highest BCUT2D eigenvalue weighted by molar-refractivity contribution is 5.84. The standard InChI is InChI=1S/C13H18N2O6/c1-3-6-15(8-11(16)20-2)13(19)14-7-9-4-5-10(21-9)12(17)18/h4-5H,3,6-8H2,1-2H3,(H,14,19)(H,17,18). The normalized spacial score (nSPS) is 10.0. The predicted octanol–water partition coefficient (Wildman–Crippen LogP) is 1.07. The van der Waals surface area contributed by atoms with Crippen molar-refractivity contribution in [1.82, 2.24) is 10.2 Å². The number of ether oxygens (including phenoxy) is 1. The van der Waals surface area contributed by atoms with Crippen LogP contribution in [0.5, 0.6) is 0 Å². The van der Waals surface area contributed by atoms with Gasteiger partial charge in [-0.15, -0.1) is 0 Å². The molecule has 0 atom stereocenters. The highest BCUT2D eigenvalue weighted by atomic mass is 16.5. The average molecular weight is 298 g/mol. The van der Waals surface area contributed by atoms with Gasteiger partial charge in [0.15, 0.2) is 0 Å². The lowest BCUT2D eigenvalue weighted by atomic mass is 10.4. The maximum Gasteiger partial charge on any atom is 0.371 e. The first-order chi connectivity index (χ1) is 9.97. The van der Waals surface area contributed by atoms with Crippen molar-refractivity contribution in [3.05, 3.63) is 23.7 Å². The summed E-state index contributed by atoms with van der Waals surface area (Å²) in [6.07, 6.45) is 0.689. The number of hydrogen-bond donors (Lipinski definition) is 2. The summed E-state index contributed by atoms with van der Waals surface area (Å²) in [5.74, 6) is -1.56. The number of carboxylic acids is 1. The first-order valence-electron chi connectivity index (χ1n) is 6.39. The van der Waals surface area contributed by atoms with Gasteiger partial charge in [0, 0.05) is 6.54 Å². The summed E-state index contributed by atoms with van der Waals surface area (Å²) in [5, 5.41) is 11.3. The van der Waals surface area contributed by atoms with Gasteiger partial charge in [0.2, 0.25) is 5.76 Å². The third-order valence-electron chi connectivity index (χ3n) is 2.61. The highest BCUT2D eigenvalue weighted by Gasteiger charge is 2.17. The molecule has 1 aromatic heterocycles. The van der Waals surface area contributed by atoms with Crippen LogP contribution in [0.3, 0.4) is 0 Å². The summed E-state index contributed by atoms with van der Waals surface area (Å²) in [7, 11) is 1.25. The summed E-state index contributed by atoms with van der Waals surface area (Å²) >= 11 is 0. The molecule has 21 heavy (non-hydrogen) atoms. The summed E-state index contributed by atoms with van der Waals surface area (Å²) in [5.41, 5.74) is 0. The van der Waals surface area contributed by atoms with E-state index in [1.54, 1.807) is 0 Å². The van der Waals surface area contributed by atoms with Gasteiger partial charge in [0.1, 0.15) is 12.3 Å². The number of methoxy groups -OCH3 is 1. The molecular formula is C13H18N2O6. The van der Waals surface area contributed by atoms with E-state index in [0.717, 1.165) is 0 Å². The number of carboxylic acid groups (broad SMARTS) is 1. The molecule has 0 aliphatic rings. The molecule has 0 aliphatic carbocycles. The Bertz CT molecular complexity index is 511. The number of nitrogens with zero attached hydrogens (tertiary/aromatic N) is 1. The number of rotatable bonds is 7. The molecule has 0 bridgehead atoms. The molecular weight excluding hydrogens is 280 g/mol. The molecule has 0 aliphatic heterocycles. The van der Waals surface area contributed by atoms with Crippen LogP contribution in [0.1, 0.15) is 29.7 Å². The fourth-order valence-electron chi connectivity index (χ4n) is 1.61. The minimum absolute atomic E-state index is 0.0352. The highest BCUT2D eigenvalue weighted by Crippen LogP contribution is 2.07. The Kier molecular flexibility index (Phi) is 6.25. The molecule has 1 aromatic rings. The number of carbonyl (C=O) groups excluding carboxylic acids is 2. The zero-order valence-electron chi connectivity index (χ0n) is 11.9. The average Bonchev–Trinajstić information content (AvgIpc) is 2.93. The number of aromatic carboxylic acids is 1. The molecule has 0 spiro atoms. The van der Waals surface area contributed by atoms with Gasteiger partial charge in [0.25, 0.3) is 0 Å². The lowest BCUT2D eigenvalue weighted by Crippen LogP contribution is -2.43.